The Balaban J connectivity index is 2.08. The smallest absolute Gasteiger partial charge is 0.125 e. The topological polar surface area (TPSA) is 90.4 Å². The summed E-state index contributed by atoms with van der Waals surface area (Å²) >= 11 is 0. The molecular weight excluding hydrogens is 284 g/mol. The number of nitrogens with zero attached hydrogens (tertiary/aromatic N) is 1. The molecule has 0 fully saturated rings. The molecule has 0 aromatic heterocycles. The highest BCUT2D eigenvalue weighted by molar-refractivity contribution is 5.98. The number of nitrogens with two attached hydrogens (primary N) is 3. The van der Waals surface area contributed by atoms with E-state index >= 15 is 0 Å². The first-order chi connectivity index (χ1) is 11.1. The highest BCUT2D eigenvalue weighted by atomic mass is 14.8. The Bertz CT molecular complexity index is 468. The summed E-state index contributed by atoms with van der Waals surface area (Å²) in [7, 11) is 0. The van der Waals surface area contributed by atoms with Crippen molar-refractivity contribution in [3.8, 4) is 0 Å². The van der Waals surface area contributed by atoms with Crippen LogP contribution in [0.15, 0.2) is 23.2 Å². The molecule has 0 saturated carbocycles. The molecule has 1 aromatic rings. The van der Waals surface area contributed by atoms with Crippen LogP contribution in [0.1, 0.15) is 76.7 Å². The zero-order chi connectivity index (χ0) is 16.9. The monoisotopic (exact) mass is 318 g/mol. The fourth-order valence-corrected chi connectivity index (χ4v) is 2.62. The van der Waals surface area contributed by atoms with Gasteiger partial charge in [0.25, 0.3) is 0 Å². The van der Waals surface area contributed by atoms with Crippen LogP contribution < -0.4 is 17.2 Å². The molecule has 6 N–H and O–H groups in total. The molecule has 0 aliphatic heterocycles. The minimum atomic E-state index is 0.549. The third-order valence-corrected chi connectivity index (χ3v) is 4.18. The minimum absolute atomic E-state index is 0.549. The number of benzene rings is 1. The summed E-state index contributed by atoms with van der Waals surface area (Å²) in [5, 5.41) is 0. The lowest BCUT2D eigenvalue weighted by Gasteiger charge is -2.05. The molecule has 0 bridgehead atoms. The van der Waals surface area contributed by atoms with Crippen molar-refractivity contribution in [3.63, 3.8) is 0 Å². The lowest BCUT2D eigenvalue weighted by Crippen LogP contribution is -2.14. The molecule has 0 spiro atoms. The number of anilines is 2. The Morgan fingerprint density at radius 3 is 1.96 bits per heavy atom. The molecule has 0 aliphatic rings. The van der Waals surface area contributed by atoms with E-state index in [1.807, 2.05) is 6.07 Å². The first-order valence-electron chi connectivity index (χ1n) is 9.10. The lowest BCUT2D eigenvalue weighted by atomic mass is 10.1. The van der Waals surface area contributed by atoms with E-state index in [9.17, 15) is 0 Å². The SMILES string of the molecule is CCCCCCCCCCCCN=C(N)c1ccc(N)c(N)c1. The molecule has 23 heavy (non-hydrogen) atoms. The van der Waals surface area contributed by atoms with Crippen LogP contribution in [-0.2, 0) is 0 Å². The van der Waals surface area contributed by atoms with Gasteiger partial charge < -0.3 is 17.2 Å². The van der Waals surface area contributed by atoms with Crippen LogP contribution in [0.5, 0.6) is 0 Å². The average molecular weight is 319 g/mol. The van der Waals surface area contributed by atoms with Crippen LogP contribution in [0.25, 0.3) is 0 Å². The van der Waals surface area contributed by atoms with Gasteiger partial charge in [-0.25, -0.2) is 0 Å². The molecule has 0 amide bonds. The van der Waals surface area contributed by atoms with Gasteiger partial charge >= 0.3 is 0 Å². The maximum Gasteiger partial charge on any atom is 0.125 e. The van der Waals surface area contributed by atoms with E-state index in [0.717, 1.165) is 18.5 Å². The zero-order valence-electron chi connectivity index (χ0n) is 14.7. The van der Waals surface area contributed by atoms with Gasteiger partial charge in [0.2, 0.25) is 0 Å². The van der Waals surface area contributed by atoms with Crippen molar-refractivity contribution in [2.75, 3.05) is 18.0 Å². The number of rotatable bonds is 12. The summed E-state index contributed by atoms with van der Waals surface area (Å²) in [6.45, 7) is 3.05. The summed E-state index contributed by atoms with van der Waals surface area (Å²) < 4.78 is 0. The van der Waals surface area contributed by atoms with Gasteiger partial charge in [0.1, 0.15) is 5.84 Å². The molecule has 4 heteroatoms. The Labute approximate surface area is 141 Å². The summed E-state index contributed by atoms with van der Waals surface area (Å²) in [4.78, 5) is 4.43. The van der Waals surface area contributed by atoms with E-state index in [2.05, 4.69) is 11.9 Å². The molecule has 0 atom stereocenters. The van der Waals surface area contributed by atoms with Gasteiger partial charge in [0.05, 0.1) is 11.4 Å². The second-order valence-corrected chi connectivity index (χ2v) is 6.29. The van der Waals surface area contributed by atoms with Crippen LogP contribution in [0.2, 0.25) is 0 Å². The Morgan fingerprint density at radius 2 is 1.39 bits per heavy atom. The minimum Gasteiger partial charge on any atom is -0.397 e. The predicted octanol–water partition coefficient (Wildman–Crippen LogP) is 4.48. The Morgan fingerprint density at radius 1 is 0.826 bits per heavy atom. The molecule has 1 rings (SSSR count). The van der Waals surface area contributed by atoms with E-state index in [0.29, 0.717) is 17.2 Å². The second-order valence-electron chi connectivity index (χ2n) is 6.29. The predicted molar refractivity (Wildman–Crippen MR) is 103 cm³/mol. The third kappa shape index (κ3) is 8.48. The van der Waals surface area contributed by atoms with Crippen LogP contribution in [0, 0.1) is 0 Å². The van der Waals surface area contributed by atoms with Gasteiger partial charge in [-0.3, -0.25) is 4.99 Å². The van der Waals surface area contributed by atoms with E-state index in [-0.39, 0.29) is 0 Å². The molecule has 130 valence electrons. The number of aliphatic imine (C=N–C) groups is 1. The van der Waals surface area contributed by atoms with Gasteiger partial charge in [0, 0.05) is 12.1 Å². The summed E-state index contributed by atoms with van der Waals surface area (Å²) in [5.41, 5.74) is 19.5. The number of hydrogen-bond acceptors (Lipinski definition) is 3. The van der Waals surface area contributed by atoms with E-state index in [1.54, 1.807) is 12.1 Å². The van der Waals surface area contributed by atoms with E-state index in [4.69, 9.17) is 17.2 Å². The van der Waals surface area contributed by atoms with Crippen molar-refractivity contribution in [1.82, 2.24) is 0 Å². The van der Waals surface area contributed by atoms with Crippen LogP contribution in [0.4, 0.5) is 11.4 Å². The van der Waals surface area contributed by atoms with Gasteiger partial charge in [-0.1, -0.05) is 64.7 Å². The third-order valence-electron chi connectivity index (χ3n) is 4.18. The maximum absolute atomic E-state index is 5.99. The summed E-state index contributed by atoms with van der Waals surface area (Å²) in [6.07, 6.45) is 13.3. The van der Waals surface area contributed by atoms with Gasteiger partial charge in [0.15, 0.2) is 0 Å². The molecule has 0 radical (unpaired) electrons. The zero-order valence-corrected chi connectivity index (χ0v) is 14.7. The van der Waals surface area contributed by atoms with Crippen LogP contribution >= 0.6 is 0 Å². The van der Waals surface area contributed by atoms with Crippen molar-refractivity contribution in [3.05, 3.63) is 23.8 Å². The van der Waals surface area contributed by atoms with Gasteiger partial charge in [-0.2, -0.15) is 0 Å². The van der Waals surface area contributed by atoms with Crippen LogP contribution in [0.3, 0.4) is 0 Å². The fraction of sp³-hybridized carbons (Fsp3) is 0.632. The highest BCUT2D eigenvalue weighted by Gasteiger charge is 2.01. The lowest BCUT2D eigenvalue weighted by molar-refractivity contribution is 0.558. The number of unbranched alkanes of at least 4 members (excludes halogenated alkanes) is 9. The van der Waals surface area contributed by atoms with Crippen molar-refractivity contribution in [1.29, 1.82) is 0 Å². The number of amidine groups is 1. The first kappa shape index (κ1) is 19.3. The van der Waals surface area contributed by atoms with Crippen LogP contribution in [-0.4, -0.2) is 12.4 Å². The van der Waals surface area contributed by atoms with Gasteiger partial charge in [-0.05, 0) is 24.6 Å². The molecule has 0 heterocycles. The van der Waals surface area contributed by atoms with E-state index < -0.39 is 0 Å². The highest BCUT2D eigenvalue weighted by Crippen LogP contribution is 2.16. The van der Waals surface area contributed by atoms with Crippen molar-refractivity contribution in [2.24, 2.45) is 10.7 Å². The second kappa shape index (κ2) is 11.8. The number of hydrogen-bond donors (Lipinski definition) is 3. The quantitative estimate of drug-likeness (QED) is 0.230. The molecular formula is C19H34N4. The fourth-order valence-electron chi connectivity index (χ4n) is 2.62. The van der Waals surface area contributed by atoms with Gasteiger partial charge in [-0.15, -0.1) is 0 Å². The number of nitrogen functional groups attached to an aromatic ring is 2. The summed E-state index contributed by atoms with van der Waals surface area (Å²) in [5.74, 6) is 0.549. The molecule has 0 aliphatic carbocycles. The average Bonchev–Trinajstić information content (AvgIpc) is 2.55. The largest absolute Gasteiger partial charge is 0.397 e. The van der Waals surface area contributed by atoms with E-state index in [1.165, 1.54) is 57.8 Å². The van der Waals surface area contributed by atoms with Crippen molar-refractivity contribution in [2.45, 2.75) is 71.1 Å². The normalized spacial score (nSPS) is 11.8. The molecule has 0 saturated heterocycles. The maximum atomic E-state index is 5.99. The molecule has 4 nitrogen and oxygen atoms in total. The Hall–Kier alpha value is -1.71. The molecule has 0 unspecified atom stereocenters. The Kier molecular flexibility index (Phi) is 9.92. The van der Waals surface area contributed by atoms with Crippen molar-refractivity contribution >= 4 is 17.2 Å². The van der Waals surface area contributed by atoms with Crippen molar-refractivity contribution < 1.29 is 0 Å². The summed E-state index contributed by atoms with van der Waals surface area (Å²) in [6, 6.07) is 5.42. The first-order valence-corrected chi connectivity index (χ1v) is 9.10. The standard InChI is InChI=1S/C19H34N4/c1-2-3-4-5-6-7-8-9-10-11-14-23-19(22)16-12-13-17(20)18(21)15-16/h12-13,15H,2-11,14,20-21H2,1H3,(H2,22,23). The molecule has 1 aromatic carbocycles.